The Kier molecular flexibility index (Phi) is 7.32. The molecule has 2 aromatic carbocycles. The molecule has 1 heterocycles. The Hall–Kier alpha value is -1.38. The molecule has 0 aromatic heterocycles. The number of hydrogen-bond acceptors (Lipinski definition) is 4. The summed E-state index contributed by atoms with van der Waals surface area (Å²) >= 11 is -2.43. The fraction of sp³-hybridized carbons (Fsp3) is 0.300. The zero-order valence-electron chi connectivity index (χ0n) is 14.4. The van der Waals surface area contributed by atoms with Crippen LogP contribution in [0.1, 0.15) is 12.8 Å². The Bertz CT molecular complexity index is 651. The van der Waals surface area contributed by atoms with Crippen LogP contribution in [0.15, 0.2) is 70.4 Å². The molecule has 130 valence electrons. The first kappa shape index (κ1) is 18.4. The monoisotopic (exact) mass is 531 g/mol. The third kappa shape index (κ3) is 6.13. The van der Waals surface area contributed by atoms with Crippen molar-refractivity contribution in [1.29, 1.82) is 0 Å². The second-order valence-electron chi connectivity index (χ2n) is 6.09. The van der Waals surface area contributed by atoms with E-state index in [-0.39, 0.29) is 6.10 Å². The molecule has 2 aromatic rings. The van der Waals surface area contributed by atoms with Gasteiger partial charge in [0.25, 0.3) is 0 Å². The van der Waals surface area contributed by atoms with Gasteiger partial charge in [-0.15, -0.1) is 0 Å². The first-order valence-corrected chi connectivity index (χ1v) is 15.1. The van der Waals surface area contributed by atoms with Crippen LogP contribution in [0.4, 0.5) is 0 Å². The van der Waals surface area contributed by atoms with Crippen LogP contribution < -0.4 is 12.6 Å². The molecule has 0 spiro atoms. The maximum absolute atomic E-state index is 6.21. The number of rotatable bonds is 9. The molecule has 1 aliphatic heterocycles. The van der Waals surface area contributed by atoms with Gasteiger partial charge in [0.1, 0.15) is 0 Å². The van der Waals surface area contributed by atoms with Crippen LogP contribution in [-0.4, -0.2) is 49.3 Å². The van der Waals surface area contributed by atoms with Crippen molar-refractivity contribution in [2.75, 3.05) is 19.8 Å². The molecule has 0 radical (unpaired) electrons. The summed E-state index contributed by atoms with van der Waals surface area (Å²) in [7, 11) is 0. The molecule has 0 saturated carbocycles. The Morgan fingerprint density at radius 3 is 2.32 bits per heavy atom. The van der Waals surface area contributed by atoms with Gasteiger partial charge in [-0.2, -0.15) is 0 Å². The van der Waals surface area contributed by atoms with E-state index in [1.54, 1.807) is 0 Å². The molecule has 1 unspecified atom stereocenters. The van der Waals surface area contributed by atoms with Crippen molar-refractivity contribution in [3.05, 3.63) is 70.4 Å². The van der Waals surface area contributed by atoms with Gasteiger partial charge in [-0.25, -0.2) is 0 Å². The van der Waals surface area contributed by atoms with E-state index in [0.29, 0.717) is 13.2 Å². The molecule has 1 N–H and O–H groups in total. The summed E-state index contributed by atoms with van der Waals surface area (Å²) in [6, 6.07) is 19.8. The van der Waals surface area contributed by atoms with Gasteiger partial charge in [0, 0.05) is 0 Å². The summed E-state index contributed by atoms with van der Waals surface area (Å²) in [5.74, 6) is 1.81. The van der Waals surface area contributed by atoms with Gasteiger partial charge in [-0.05, 0) is 0 Å². The van der Waals surface area contributed by atoms with E-state index in [2.05, 4.69) is 9.71 Å². The first-order valence-electron chi connectivity index (χ1n) is 8.73. The molecular formula is C20H24NO3Tl. The Morgan fingerprint density at radius 2 is 1.64 bits per heavy atom. The zero-order chi connectivity index (χ0) is 17.3. The molecule has 5 heteroatoms. The summed E-state index contributed by atoms with van der Waals surface area (Å²) in [4.78, 5) is 0. The molecule has 0 aliphatic carbocycles. The van der Waals surface area contributed by atoms with E-state index in [0.717, 1.165) is 30.9 Å². The van der Waals surface area contributed by atoms with Crippen LogP contribution in [0.5, 0.6) is 11.5 Å². The van der Waals surface area contributed by atoms with Gasteiger partial charge in [0.2, 0.25) is 0 Å². The van der Waals surface area contributed by atoms with Crippen molar-refractivity contribution in [3.8, 4) is 11.5 Å². The third-order valence-corrected chi connectivity index (χ3v) is 12.9. The zero-order valence-corrected chi connectivity index (χ0v) is 18.9. The standard InChI is InChI=1S/C11H12O2.C9H12NO.Tl/c1-2-6-10(12)9-13-11-7-4-3-5-8-11;10-7-4-8-11-9-5-2-1-3-6-9;/h3-5,7-8,10H,1,6,9H2;1-3,5-6,10H,4,7-8H2;/q2*-1;+2. The summed E-state index contributed by atoms with van der Waals surface area (Å²) < 4.78 is 22.6. The molecule has 0 amide bonds. The van der Waals surface area contributed by atoms with Gasteiger partial charge < -0.3 is 0 Å². The van der Waals surface area contributed by atoms with Crippen LogP contribution in [0.25, 0.3) is 0 Å². The molecule has 0 bridgehead atoms. The number of ether oxygens (including phenoxy) is 2. The van der Waals surface area contributed by atoms with E-state index < -0.39 is 23.5 Å². The summed E-state index contributed by atoms with van der Waals surface area (Å²) in [6.07, 6.45) is 2.03. The molecule has 1 aliphatic rings. The fourth-order valence-corrected chi connectivity index (χ4v) is 10.8. The van der Waals surface area contributed by atoms with E-state index in [4.69, 9.17) is 12.2 Å². The van der Waals surface area contributed by atoms with E-state index in [1.165, 1.54) is 3.13 Å². The van der Waals surface area contributed by atoms with Gasteiger partial charge in [-0.3, -0.25) is 0 Å². The normalized spacial score (nSPS) is 16.9. The second-order valence-corrected chi connectivity index (χ2v) is 14.9. The number of para-hydroxylation sites is 2. The van der Waals surface area contributed by atoms with Crippen LogP contribution in [0, 0.1) is 0 Å². The molecule has 1 atom stereocenters. The van der Waals surface area contributed by atoms with Gasteiger partial charge >= 0.3 is 159 Å². The Balaban J connectivity index is 1.31. The van der Waals surface area contributed by atoms with Crippen LogP contribution in [-0.2, 0) is 2.69 Å². The van der Waals surface area contributed by atoms with Crippen molar-refractivity contribution in [3.63, 3.8) is 0 Å². The van der Waals surface area contributed by atoms with Gasteiger partial charge in [0.05, 0.1) is 0 Å². The van der Waals surface area contributed by atoms with Crippen molar-refractivity contribution in [1.82, 2.24) is 3.13 Å². The SMILES string of the molecule is C=[C]1CC(COc2ccccc2)[O][Tl]1[NH]CCCOc1ccccc1. The second kappa shape index (κ2) is 9.94. The van der Waals surface area contributed by atoms with Crippen LogP contribution in [0.3, 0.4) is 0 Å². The molecule has 4 nitrogen and oxygen atoms in total. The predicted octanol–water partition coefficient (Wildman–Crippen LogP) is 3.50. The third-order valence-electron chi connectivity index (χ3n) is 4.03. The number of hydrogen-bond donors (Lipinski definition) is 1. The minimum absolute atomic E-state index is 0.146. The van der Waals surface area contributed by atoms with Gasteiger partial charge in [-0.1, -0.05) is 0 Å². The number of nitrogens with one attached hydrogen (secondary N) is 1. The van der Waals surface area contributed by atoms with E-state index >= 15 is 0 Å². The molecule has 25 heavy (non-hydrogen) atoms. The van der Waals surface area contributed by atoms with Crippen molar-refractivity contribution in [2.45, 2.75) is 18.9 Å². The average molecular weight is 531 g/mol. The molecule has 1 saturated heterocycles. The van der Waals surface area contributed by atoms with Crippen LogP contribution in [0.2, 0.25) is 0 Å². The van der Waals surface area contributed by atoms with E-state index in [9.17, 15) is 0 Å². The first-order chi connectivity index (χ1) is 12.3. The maximum atomic E-state index is 6.21. The van der Waals surface area contributed by atoms with Crippen molar-refractivity contribution in [2.24, 2.45) is 0 Å². The predicted molar refractivity (Wildman–Crippen MR) is 101 cm³/mol. The minimum atomic E-state index is -2.43. The molecule has 3 rings (SSSR count). The Morgan fingerprint density at radius 1 is 1.00 bits per heavy atom. The van der Waals surface area contributed by atoms with Gasteiger partial charge in [0.15, 0.2) is 0 Å². The van der Waals surface area contributed by atoms with Crippen molar-refractivity contribution >= 4 is 23.5 Å². The number of benzene rings is 2. The summed E-state index contributed by atoms with van der Waals surface area (Å²) in [6.45, 7) is 6.44. The van der Waals surface area contributed by atoms with Crippen molar-refractivity contribution < 1.29 is 12.2 Å². The Labute approximate surface area is 159 Å². The summed E-state index contributed by atoms with van der Waals surface area (Å²) in [5, 5.41) is 0. The molecular weight excluding hydrogens is 507 g/mol. The van der Waals surface area contributed by atoms with Crippen LogP contribution >= 0.6 is 0 Å². The summed E-state index contributed by atoms with van der Waals surface area (Å²) in [5.41, 5.74) is 0. The topological polar surface area (TPSA) is 39.7 Å². The quantitative estimate of drug-likeness (QED) is 0.398. The molecule has 1 fully saturated rings. The fourth-order valence-electron chi connectivity index (χ4n) is 2.74. The van der Waals surface area contributed by atoms with E-state index in [1.807, 2.05) is 60.7 Å². The average Bonchev–Trinajstić information content (AvgIpc) is 3.01.